The largest absolute Gasteiger partial charge is 0.444 e. The van der Waals surface area contributed by atoms with Gasteiger partial charge in [-0.05, 0) is 20.8 Å². The quantitative estimate of drug-likeness (QED) is 0.842. The first kappa shape index (κ1) is 17.9. The number of morpholine rings is 1. The van der Waals surface area contributed by atoms with Crippen molar-refractivity contribution in [1.82, 2.24) is 9.88 Å². The van der Waals surface area contributed by atoms with Crippen molar-refractivity contribution >= 4 is 23.5 Å². The third kappa shape index (κ3) is 4.79. The van der Waals surface area contributed by atoms with E-state index in [2.05, 4.69) is 10.3 Å². The minimum absolute atomic E-state index is 0.00967. The molecule has 1 unspecified atom stereocenters. The molecule has 2 rings (SSSR count). The fraction of sp³-hybridized carbons (Fsp3) is 0.533. The summed E-state index contributed by atoms with van der Waals surface area (Å²) in [6.45, 7) is 5.82. The lowest BCUT2D eigenvalue weighted by Crippen LogP contribution is -2.51. The molecule has 24 heavy (non-hydrogen) atoms. The van der Waals surface area contributed by atoms with E-state index in [0.717, 1.165) is 12.3 Å². The minimum Gasteiger partial charge on any atom is -0.444 e. The van der Waals surface area contributed by atoms with Gasteiger partial charge < -0.3 is 25.4 Å². The maximum Gasteiger partial charge on any atom is 0.410 e. The van der Waals surface area contributed by atoms with Crippen LogP contribution in [-0.4, -0.2) is 53.3 Å². The van der Waals surface area contributed by atoms with Crippen molar-refractivity contribution in [2.75, 3.05) is 30.7 Å². The zero-order valence-corrected chi connectivity index (χ0v) is 13.8. The fourth-order valence-electron chi connectivity index (χ4n) is 2.06. The smallest absolute Gasteiger partial charge is 0.410 e. The van der Waals surface area contributed by atoms with E-state index in [9.17, 15) is 14.0 Å². The van der Waals surface area contributed by atoms with Gasteiger partial charge in [0.1, 0.15) is 17.2 Å². The number of anilines is 2. The van der Waals surface area contributed by atoms with Crippen LogP contribution < -0.4 is 11.1 Å². The first-order valence-corrected chi connectivity index (χ1v) is 7.47. The maximum atomic E-state index is 13.2. The summed E-state index contributed by atoms with van der Waals surface area (Å²) in [7, 11) is 0. The summed E-state index contributed by atoms with van der Waals surface area (Å²) in [5, 5.41) is 2.46. The van der Waals surface area contributed by atoms with Crippen LogP contribution >= 0.6 is 0 Å². The molecule has 132 valence electrons. The highest BCUT2D eigenvalue weighted by atomic mass is 19.1. The van der Waals surface area contributed by atoms with Crippen LogP contribution in [0.2, 0.25) is 0 Å². The van der Waals surface area contributed by atoms with Crippen molar-refractivity contribution in [1.29, 1.82) is 0 Å². The highest BCUT2D eigenvalue weighted by Crippen LogP contribution is 2.18. The van der Waals surface area contributed by atoms with Gasteiger partial charge in [-0.2, -0.15) is 0 Å². The average Bonchev–Trinajstić information content (AvgIpc) is 2.49. The molecule has 9 heteroatoms. The molecule has 0 aliphatic carbocycles. The number of carbonyl (C=O) groups is 2. The highest BCUT2D eigenvalue weighted by molar-refractivity contribution is 5.96. The monoisotopic (exact) mass is 340 g/mol. The van der Waals surface area contributed by atoms with Crippen LogP contribution in [0.1, 0.15) is 20.8 Å². The topological polar surface area (TPSA) is 107 Å². The Morgan fingerprint density at radius 3 is 2.88 bits per heavy atom. The number of nitrogens with one attached hydrogen (secondary N) is 1. The number of nitrogens with zero attached hydrogens (tertiary/aromatic N) is 2. The minimum atomic E-state index is -0.908. The van der Waals surface area contributed by atoms with Crippen molar-refractivity contribution in [3.63, 3.8) is 0 Å². The Labute approximate surface area is 139 Å². The van der Waals surface area contributed by atoms with Gasteiger partial charge in [0.05, 0.1) is 25.0 Å². The van der Waals surface area contributed by atoms with E-state index in [4.69, 9.17) is 15.2 Å². The molecule has 0 bridgehead atoms. The number of carbonyl (C=O) groups excluding carboxylic acids is 2. The van der Waals surface area contributed by atoms with Gasteiger partial charge in [-0.1, -0.05) is 0 Å². The number of aromatic nitrogens is 1. The molecular weight excluding hydrogens is 319 g/mol. The van der Waals surface area contributed by atoms with Crippen LogP contribution in [0.5, 0.6) is 0 Å². The summed E-state index contributed by atoms with van der Waals surface area (Å²) >= 11 is 0. The van der Waals surface area contributed by atoms with Gasteiger partial charge in [-0.3, -0.25) is 4.79 Å². The van der Waals surface area contributed by atoms with Crippen LogP contribution in [-0.2, 0) is 14.3 Å². The molecule has 1 fully saturated rings. The van der Waals surface area contributed by atoms with Crippen molar-refractivity contribution in [3.05, 3.63) is 18.1 Å². The fourth-order valence-corrected chi connectivity index (χ4v) is 2.06. The molecule has 8 nitrogen and oxygen atoms in total. The molecule has 1 aromatic rings. The Balaban J connectivity index is 2.00. The predicted molar refractivity (Wildman–Crippen MR) is 84.8 cm³/mol. The summed E-state index contributed by atoms with van der Waals surface area (Å²) < 4.78 is 23.8. The van der Waals surface area contributed by atoms with Crippen molar-refractivity contribution in [2.24, 2.45) is 0 Å². The molecule has 1 aliphatic rings. The second-order valence-corrected chi connectivity index (χ2v) is 6.36. The van der Waals surface area contributed by atoms with Gasteiger partial charge in [0, 0.05) is 12.6 Å². The summed E-state index contributed by atoms with van der Waals surface area (Å²) in [5.74, 6) is -1.17. The molecule has 1 aromatic heterocycles. The van der Waals surface area contributed by atoms with Crippen LogP contribution in [0.3, 0.4) is 0 Å². The first-order valence-electron chi connectivity index (χ1n) is 7.47. The van der Waals surface area contributed by atoms with Crippen molar-refractivity contribution in [3.8, 4) is 0 Å². The normalized spacial score (nSPS) is 18.2. The first-order chi connectivity index (χ1) is 11.2. The van der Waals surface area contributed by atoms with E-state index in [1.807, 2.05) is 0 Å². The number of hydrogen-bond acceptors (Lipinski definition) is 6. The lowest BCUT2D eigenvalue weighted by Gasteiger charge is -2.33. The Kier molecular flexibility index (Phi) is 5.23. The van der Waals surface area contributed by atoms with E-state index < -0.39 is 29.5 Å². The zero-order valence-electron chi connectivity index (χ0n) is 13.8. The van der Waals surface area contributed by atoms with Gasteiger partial charge in [-0.25, -0.2) is 14.2 Å². The molecule has 0 saturated carbocycles. The second-order valence-electron chi connectivity index (χ2n) is 6.36. The van der Waals surface area contributed by atoms with Gasteiger partial charge in [0.2, 0.25) is 0 Å². The molecule has 1 aliphatic heterocycles. The SMILES string of the molecule is CC(C)(C)OC(=O)N1CCOC(C(=O)Nc2cc(F)cnc2N)C1. The predicted octanol–water partition coefficient (Wildman–Crippen LogP) is 1.38. The number of halogens is 1. The molecule has 1 atom stereocenters. The van der Waals surface area contributed by atoms with E-state index in [0.29, 0.717) is 6.54 Å². The van der Waals surface area contributed by atoms with Crippen LogP contribution in [0.4, 0.5) is 20.7 Å². The standard InChI is InChI=1S/C15H21FN4O4/c1-15(2,3)24-14(22)20-4-5-23-11(8-20)13(21)19-10-6-9(16)7-18-12(10)17/h6-7,11H,4-5,8H2,1-3H3,(H2,17,18)(H,19,21). The molecule has 0 aromatic carbocycles. The van der Waals surface area contributed by atoms with Crippen LogP contribution in [0.15, 0.2) is 12.3 Å². The second kappa shape index (κ2) is 7.00. The third-order valence-electron chi connectivity index (χ3n) is 3.15. The Morgan fingerprint density at radius 1 is 1.50 bits per heavy atom. The van der Waals surface area contributed by atoms with Gasteiger partial charge in [0.15, 0.2) is 6.10 Å². The molecule has 0 spiro atoms. The summed E-state index contributed by atoms with van der Waals surface area (Å²) in [5.41, 5.74) is 5.02. The molecule has 2 amide bonds. The number of pyridine rings is 1. The number of nitrogen functional groups attached to an aromatic ring is 1. The summed E-state index contributed by atoms with van der Waals surface area (Å²) in [6.07, 6.45) is -0.476. The van der Waals surface area contributed by atoms with E-state index in [1.54, 1.807) is 20.8 Å². The summed E-state index contributed by atoms with van der Waals surface area (Å²) in [6, 6.07) is 1.06. The number of ether oxygens (including phenoxy) is 2. The molecule has 0 radical (unpaired) electrons. The number of rotatable bonds is 2. The third-order valence-corrected chi connectivity index (χ3v) is 3.15. The number of amides is 2. The molecular formula is C15H21FN4O4. The van der Waals surface area contributed by atoms with Gasteiger partial charge in [-0.15, -0.1) is 0 Å². The summed E-state index contributed by atoms with van der Waals surface area (Å²) in [4.78, 5) is 29.4. The van der Waals surface area contributed by atoms with Gasteiger partial charge >= 0.3 is 6.09 Å². The zero-order chi connectivity index (χ0) is 17.9. The number of hydrogen-bond donors (Lipinski definition) is 2. The Morgan fingerprint density at radius 2 is 2.21 bits per heavy atom. The van der Waals surface area contributed by atoms with Crippen molar-refractivity contribution < 1.29 is 23.5 Å². The Hall–Kier alpha value is -2.42. The molecule has 3 N–H and O–H groups in total. The molecule has 2 heterocycles. The van der Waals surface area contributed by atoms with Crippen LogP contribution in [0, 0.1) is 5.82 Å². The molecule has 1 saturated heterocycles. The lowest BCUT2D eigenvalue weighted by molar-refractivity contribution is -0.132. The lowest BCUT2D eigenvalue weighted by atomic mass is 10.2. The van der Waals surface area contributed by atoms with E-state index in [1.165, 1.54) is 4.90 Å². The van der Waals surface area contributed by atoms with E-state index in [-0.39, 0.29) is 24.7 Å². The van der Waals surface area contributed by atoms with Crippen LogP contribution in [0.25, 0.3) is 0 Å². The number of nitrogens with two attached hydrogens (primary N) is 1. The van der Waals surface area contributed by atoms with Gasteiger partial charge in [0.25, 0.3) is 5.91 Å². The van der Waals surface area contributed by atoms with E-state index >= 15 is 0 Å². The van der Waals surface area contributed by atoms with Crippen molar-refractivity contribution in [2.45, 2.75) is 32.5 Å². The highest BCUT2D eigenvalue weighted by Gasteiger charge is 2.32. The maximum absolute atomic E-state index is 13.2. The Bertz CT molecular complexity index is 632. The average molecular weight is 340 g/mol.